The molecule has 0 bridgehead atoms. The van der Waals surface area contributed by atoms with Gasteiger partial charge in [-0.15, -0.1) is 11.3 Å². The van der Waals surface area contributed by atoms with Crippen LogP contribution in [0.2, 0.25) is 0 Å². The molecule has 1 aromatic carbocycles. The maximum Gasteiger partial charge on any atom is 0.319 e. The second-order valence-electron chi connectivity index (χ2n) is 7.05. The predicted octanol–water partition coefficient (Wildman–Crippen LogP) is 3.35. The number of amides is 2. The molecule has 28 heavy (non-hydrogen) atoms. The first-order valence-electron chi connectivity index (χ1n) is 9.02. The molecule has 4 aromatic rings. The van der Waals surface area contributed by atoms with E-state index in [0.29, 0.717) is 13.1 Å². The number of carbonyl (C=O) groups excluding carboxylic acids is 1. The van der Waals surface area contributed by atoms with E-state index in [1.54, 1.807) is 42.9 Å². The largest absolute Gasteiger partial charge is 0.340 e. The first-order valence-corrected chi connectivity index (χ1v) is 9.83. The van der Waals surface area contributed by atoms with Gasteiger partial charge >= 0.3 is 6.03 Å². The average Bonchev–Trinajstić information content (AvgIpc) is 3.30. The molecule has 2 amide bonds. The van der Waals surface area contributed by atoms with Gasteiger partial charge in [-0.2, -0.15) is 5.10 Å². The van der Waals surface area contributed by atoms with Gasteiger partial charge in [-0.3, -0.25) is 5.10 Å². The van der Waals surface area contributed by atoms with Gasteiger partial charge in [0.2, 0.25) is 0 Å². The second kappa shape index (κ2) is 6.45. The molecule has 0 saturated heterocycles. The van der Waals surface area contributed by atoms with E-state index in [1.165, 1.54) is 10.4 Å². The number of rotatable bonds is 2. The number of fused-ring (bicyclic) bond motifs is 4. The van der Waals surface area contributed by atoms with E-state index in [1.807, 2.05) is 23.1 Å². The summed E-state index contributed by atoms with van der Waals surface area (Å²) in [5.41, 5.74) is 3.20. The molecule has 0 atom stereocenters. The highest BCUT2D eigenvalue weighted by atomic mass is 32.1. The van der Waals surface area contributed by atoms with Crippen LogP contribution in [0.3, 0.4) is 0 Å². The van der Waals surface area contributed by atoms with Crippen molar-refractivity contribution in [3.63, 3.8) is 0 Å². The summed E-state index contributed by atoms with van der Waals surface area (Å²) in [6.07, 6.45) is 4.20. The normalized spacial score (nSPS) is 13.7. The highest BCUT2D eigenvalue weighted by Crippen LogP contribution is 2.38. The van der Waals surface area contributed by atoms with Crippen molar-refractivity contribution in [2.24, 2.45) is 0 Å². The summed E-state index contributed by atoms with van der Waals surface area (Å²) in [4.78, 5) is 26.9. The minimum absolute atomic E-state index is 0.0425. The number of nitrogens with zero attached hydrogens (tertiary/aromatic N) is 5. The third-order valence-electron chi connectivity index (χ3n) is 4.99. The maximum atomic E-state index is 12.3. The van der Waals surface area contributed by atoms with Crippen molar-refractivity contribution in [1.82, 2.24) is 30.0 Å². The van der Waals surface area contributed by atoms with Crippen molar-refractivity contribution in [3.8, 4) is 0 Å². The first-order chi connectivity index (χ1) is 13.6. The number of thiophene rings is 1. The van der Waals surface area contributed by atoms with Gasteiger partial charge in [-0.05, 0) is 30.2 Å². The zero-order chi connectivity index (χ0) is 19.3. The molecular formula is C19H19N7OS. The monoisotopic (exact) mass is 393 g/mol. The molecule has 8 nitrogen and oxygen atoms in total. The quantitative estimate of drug-likeness (QED) is 0.545. The highest BCUT2D eigenvalue weighted by Gasteiger charge is 2.27. The summed E-state index contributed by atoms with van der Waals surface area (Å²) < 4.78 is 0. The van der Waals surface area contributed by atoms with Crippen molar-refractivity contribution < 1.29 is 4.79 Å². The SMILES string of the molecule is CN(C)C(=O)N1CCc2c(sc3ncnc(Nc4ccc5[nH]ncc5c4)c23)C1. The maximum absolute atomic E-state index is 12.3. The van der Waals surface area contributed by atoms with Gasteiger partial charge < -0.3 is 15.1 Å². The van der Waals surface area contributed by atoms with Gasteiger partial charge in [0.05, 0.1) is 23.6 Å². The van der Waals surface area contributed by atoms with Crippen molar-refractivity contribution >= 4 is 50.0 Å². The minimum Gasteiger partial charge on any atom is -0.340 e. The molecule has 9 heteroatoms. The summed E-state index contributed by atoms with van der Waals surface area (Å²) in [6, 6.07) is 6.09. The van der Waals surface area contributed by atoms with Crippen LogP contribution in [0.15, 0.2) is 30.7 Å². The van der Waals surface area contributed by atoms with Crippen LogP contribution in [-0.2, 0) is 13.0 Å². The van der Waals surface area contributed by atoms with E-state index >= 15 is 0 Å². The Morgan fingerprint density at radius 2 is 2.21 bits per heavy atom. The van der Waals surface area contributed by atoms with Gasteiger partial charge in [0.25, 0.3) is 0 Å². The summed E-state index contributed by atoms with van der Waals surface area (Å²) in [6.45, 7) is 1.32. The van der Waals surface area contributed by atoms with Crippen molar-refractivity contribution in [1.29, 1.82) is 0 Å². The van der Waals surface area contributed by atoms with Crippen molar-refractivity contribution in [2.45, 2.75) is 13.0 Å². The lowest BCUT2D eigenvalue weighted by molar-refractivity contribution is 0.166. The highest BCUT2D eigenvalue weighted by molar-refractivity contribution is 7.19. The van der Waals surface area contributed by atoms with E-state index in [9.17, 15) is 4.79 Å². The van der Waals surface area contributed by atoms with Crippen LogP contribution in [-0.4, -0.2) is 56.6 Å². The van der Waals surface area contributed by atoms with E-state index in [-0.39, 0.29) is 6.03 Å². The Balaban J connectivity index is 1.52. The molecule has 0 radical (unpaired) electrons. The summed E-state index contributed by atoms with van der Waals surface area (Å²) in [5, 5.41) is 12.6. The number of anilines is 2. The number of aromatic amines is 1. The van der Waals surface area contributed by atoms with E-state index in [4.69, 9.17) is 0 Å². The Kier molecular flexibility index (Phi) is 3.90. The fourth-order valence-corrected chi connectivity index (χ4v) is 4.83. The second-order valence-corrected chi connectivity index (χ2v) is 8.14. The lowest BCUT2D eigenvalue weighted by Crippen LogP contribution is -2.41. The molecule has 1 aliphatic rings. The number of nitrogens with one attached hydrogen (secondary N) is 2. The molecule has 142 valence electrons. The standard InChI is InChI=1S/C19H19N7OS/c1-25(2)19(27)26-6-5-13-15(9-26)28-18-16(13)17(20-10-21-18)23-12-3-4-14-11(7-12)8-22-24-14/h3-4,7-8,10H,5-6,9H2,1-2H3,(H,22,24)(H,20,21,23). The smallest absolute Gasteiger partial charge is 0.319 e. The molecule has 4 heterocycles. The van der Waals surface area contributed by atoms with Crippen LogP contribution >= 0.6 is 11.3 Å². The van der Waals surface area contributed by atoms with Crippen LogP contribution in [0, 0.1) is 0 Å². The van der Waals surface area contributed by atoms with Gasteiger partial charge in [-0.1, -0.05) is 0 Å². The third-order valence-corrected chi connectivity index (χ3v) is 6.12. The summed E-state index contributed by atoms with van der Waals surface area (Å²) in [5.74, 6) is 0.803. The average molecular weight is 393 g/mol. The van der Waals surface area contributed by atoms with Gasteiger partial charge in [0.15, 0.2) is 0 Å². The number of hydrogen-bond donors (Lipinski definition) is 2. The molecule has 0 fully saturated rings. The zero-order valence-electron chi connectivity index (χ0n) is 15.6. The van der Waals surface area contributed by atoms with Crippen LogP contribution < -0.4 is 5.32 Å². The molecule has 0 saturated carbocycles. The van der Waals surface area contributed by atoms with E-state index in [2.05, 4.69) is 25.5 Å². The van der Waals surface area contributed by atoms with Gasteiger partial charge in [0.1, 0.15) is 17.0 Å². The summed E-state index contributed by atoms with van der Waals surface area (Å²) >= 11 is 1.64. The zero-order valence-corrected chi connectivity index (χ0v) is 16.4. The molecule has 0 aliphatic carbocycles. The molecule has 0 spiro atoms. The van der Waals surface area contributed by atoms with Crippen LogP contribution in [0.1, 0.15) is 10.4 Å². The molecule has 5 rings (SSSR count). The molecule has 1 aliphatic heterocycles. The first kappa shape index (κ1) is 16.9. The Morgan fingerprint density at radius 1 is 1.32 bits per heavy atom. The van der Waals surface area contributed by atoms with E-state index < -0.39 is 0 Å². The number of H-pyrrole nitrogens is 1. The third kappa shape index (κ3) is 2.75. The Hall–Kier alpha value is -3.20. The lowest BCUT2D eigenvalue weighted by atomic mass is 10.1. The Labute approximate surface area is 165 Å². The number of aromatic nitrogens is 4. The van der Waals surface area contributed by atoms with Crippen molar-refractivity contribution in [2.75, 3.05) is 26.0 Å². The van der Waals surface area contributed by atoms with Crippen LogP contribution in [0.25, 0.3) is 21.1 Å². The minimum atomic E-state index is 0.0425. The van der Waals surface area contributed by atoms with Gasteiger partial charge in [-0.25, -0.2) is 14.8 Å². The number of hydrogen-bond acceptors (Lipinski definition) is 6. The topological polar surface area (TPSA) is 90.0 Å². The van der Waals surface area contributed by atoms with Gasteiger partial charge in [0, 0.05) is 36.6 Å². The molecule has 0 unspecified atom stereocenters. The Bertz CT molecular complexity index is 1200. The Morgan fingerprint density at radius 3 is 3.07 bits per heavy atom. The predicted molar refractivity (Wildman–Crippen MR) is 110 cm³/mol. The van der Waals surface area contributed by atoms with Crippen LogP contribution in [0.5, 0.6) is 0 Å². The fraction of sp³-hybridized carbons (Fsp3) is 0.263. The fourth-order valence-electron chi connectivity index (χ4n) is 3.63. The number of urea groups is 1. The van der Waals surface area contributed by atoms with E-state index in [0.717, 1.165) is 39.0 Å². The molecular weight excluding hydrogens is 374 g/mol. The molecule has 3 aromatic heterocycles. The van der Waals surface area contributed by atoms with Crippen molar-refractivity contribution in [3.05, 3.63) is 41.2 Å². The summed E-state index contributed by atoms with van der Waals surface area (Å²) in [7, 11) is 3.57. The molecule has 2 N–H and O–H groups in total. The lowest BCUT2D eigenvalue weighted by Gasteiger charge is -2.29. The number of carbonyl (C=O) groups is 1. The van der Waals surface area contributed by atoms with Crippen LogP contribution in [0.4, 0.5) is 16.3 Å². The number of benzene rings is 1.